The summed E-state index contributed by atoms with van der Waals surface area (Å²) in [5.74, 6) is 0.804. The van der Waals surface area contributed by atoms with Crippen molar-refractivity contribution in [3.8, 4) is 0 Å². The molecule has 3 aromatic heterocycles. The molecule has 0 aliphatic rings. The van der Waals surface area contributed by atoms with Crippen molar-refractivity contribution in [1.82, 2.24) is 25.4 Å². The molecule has 10 nitrogen and oxygen atoms in total. The van der Waals surface area contributed by atoms with Gasteiger partial charge in [0.2, 0.25) is 0 Å². The molecule has 4 rings (SSSR count). The van der Waals surface area contributed by atoms with Gasteiger partial charge in [-0.3, -0.25) is 0 Å². The van der Waals surface area contributed by atoms with Crippen molar-refractivity contribution in [2.24, 2.45) is 0 Å². The van der Waals surface area contributed by atoms with Crippen LogP contribution in [0.1, 0.15) is 34.2 Å². The van der Waals surface area contributed by atoms with Gasteiger partial charge in [0.05, 0.1) is 0 Å². The molecular weight excluding hydrogens is 523 g/mol. The number of carbonyl (C=O) groups is 2. The molecule has 0 aliphatic heterocycles. The molecule has 184 valence electrons. The van der Waals surface area contributed by atoms with Crippen molar-refractivity contribution in [2.45, 2.75) is 39.0 Å². The molecule has 3 N–H and O–H groups in total. The molecule has 0 aliphatic carbocycles. The Kier molecular flexibility index (Phi) is 8.85. The SMILES string of the molecule is Cc1cccc(CC(=O)Nc2ccc(CCCCc3nnc(NC(=O)Nc4ccccn4)[se]3)nn2)c1. The van der Waals surface area contributed by atoms with E-state index < -0.39 is 0 Å². The van der Waals surface area contributed by atoms with E-state index in [0.29, 0.717) is 22.7 Å². The van der Waals surface area contributed by atoms with Gasteiger partial charge in [0, 0.05) is 0 Å². The number of aryl methyl sites for hydroxylation is 3. The first-order valence-electron chi connectivity index (χ1n) is 11.5. The Hall–Kier alpha value is -3.95. The summed E-state index contributed by atoms with van der Waals surface area (Å²) in [6, 6.07) is 16.5. The molecule has 0 radical (unpaired) electrons. The van der Waals surface area contributed by atoms with E-state index in [-0.39, 0.29) is 26.4 Å². The number of pyridine rings is 1. The summed E-state index contributed by atoms with van der Waals surface area (Å²) in [6.07, 6.45) is 5.36. The molecule has 36 heavy (non-hydrogen) atoms. The van der Waals surface area contributed by atoms with Gasteiger partial charge >= 0.3 is 173 Å². The number of urea groups is 1. The number of anilines is 3. The van der Waals surface area contributed by atoms with Crippen molar-refractivity contribution in [3.05, 3.63) is 82.2 Å². The average Bonchev–Trinajstić information content (AvgIpc) is 3.30. The zero-order valence-corrected chi connectivity index (χ0v) is 21.5. The minimum atomic E-state index is -0.376. The number of nitrogens with zero attached hydrogens (tertiary/aromatic N) is 5. The Morgan fingerprint density at radius 3 is 2.50 bits per heavy atom. The fraction of sp³-hybridized carbons (Fsp3) is 0.240. The zero-order chi connectivity index (χ0) is 25.2. The summed E-state index contributed by atoms with van der Waals surface area (Å²) in [6.45, 7) is 2.00. The first kappa shape index (κ1) is 25.2. The van der Waals surface area contributed by atoms with Crippen molar-refractivity contribution in [3.63, 3.8) is 0 Å². The fourth-order valence-electron chi connectivity index (χ4n) is 3.42. The number of aromatic nitrogens is 5. The fourth-order valence-corrected chi connectivity index (χ4v) is 5.05. The number of rotatable bonds is 10. The average molecular weight is 549 g/mol. The van der Waals surface area contributed by atoms with E-state index >= 15 is 0 Å². The summed E-state index contributed by atoms with van der Waals surface area (Å²) in [5, 5.41) is 24.8. The maximum absolute atomic E-state index is 12.3. The van der Waals surface area contributed by atoms with E-state index in [1.807, 2.05) is 37.3 Å². The van der Waals surface area contributed by atoms with Crippen LogP contribution in [0.3, 0.4) is 0 Å². The maximum atomic E-state index is 12.3. The normalized spacial score (nSPS) is 10.6. The van der Waals surface area contributed by atoms with E-state index in [4.69, 9.17) is 0 Å². The molecule has 0 saturated heterocycles. The van der Waals surface area contributed by atoms with Crippen LogP contribution in [0.4, 0.5) is 21.1 Å². The van der Waals surface area contributed by atoms with Crippen LogP contribution in [0, 0.1) is 6.92 Å². The van der Waals surface area contributed by atoms with Crippen LogP contribution in [0.15, 0.2) is 60.8 Å². The minimum Gasteiger partial charge on any atom is -0.0556 e. The van der Waals surface area contributed by atoms with Crippen molar-refractivity contribution in [2.75, 3.05) is 16.0 Å². The summed E-state index contributed by atoms with van der Waals surface area (Å²) in [5.41, 5.74) is 2.96. The predicted octanol–water partition coefficient (Wildman–Crippen LogP) is 3.42. The molecule has 11 heteroatoms. The molecule has 0 unspecified atom stereocenters. The smallest absolute Gasteiger partial charge is 0.0556 e. The second-order valence-corrected chi connectivity index (χ2v) is 10.4. The molecule has 0 fully saturated rings. The molecule has 0 atom stereocenters. The molecule has 0 bridgehead atoms. The third kappa shape index (κ3) is 8.07. The van der Waals surface area contributed by atoms with Gasteiger partial charge in [-0.05, 0) is 12.5 Å². The second kappa shape index (κ2) is 12.7. The van der Waals surface area contributed by atoms with E-state index in [1.165, 1.54) is 0 Å². The van der Waals surface area contributed by atoms with Gasteiger partial charge in [0.15, 0.2) is 0 Å². The predicted molar refractivity (Wildman–Crippen MR) is 138 cm³/mol. The van der Waals surface area contributed by atoms with Crippen LogP contribution in [-0.4, -0.2) is 51.8 Å². The Labute approximate surface area is 214 Å². The Balaban J connectivity index is 1.15. The topological polar surface area (TPSA) is 135 Å². The van der Waals surface area contributed by atoms with Crippen molar-refractivity contribution >= 4 is 42.8 Å². The third-order valence-electron chi connectivity index (χ3n) is 5.10. The number of nitrogens with one attached hydrogen (secondary N) is 3. The monoisotopic (exact) mass is 550 g/mol. The standard InChI is InChI=1S/C25H26N8O2Se/c1-17-7-6-8-18(15-17)16-22(34)27-21-13-12-19(30-31-21)9-2-3-11-23-32-33-25(36-23)29-24(35)28-20-10-4-5-14-26-20/h4-8,10,12-15H,2-3,9,11,16H2,1H3,(H,27,31,34)(H2,26,28,29,33,35). The van der Waals surface area contributed by atoms with Gasteiger partial charge in [0.25, 0.3) is 0 Å². The van der Waals surface area contributed by atoms with Crippen molar-refractivity contribution in [1.29, 1.82) is 0 Å². The number of hydrogen-bond donors (Lipinski definition) is 3. The molecule has 0 saturated carbocycles. The quantitative estimate of drug-likeness (QED) is 0.204. The Morgan fingerprint density at radius 2 is 1.72 bits per heavy atom. The summed E-state index contributed by atoms with van der Waals surface area (Å²) in [7, 11) is 0. The van der Waals surface area contributed by atoms with Crippen LogP contribution >= 0.6 is 0 Å². The molecule has 3 amide bonds. The van der Waals surface area contributed by atoms with E-state index in [2.05, 4.69) is 41.3 Å². The molecular formula is C25H26N8O2Se. The van der Waals surface area contributed by atoms with E-state index in [0.717, 1.165) is 47.1 Å². The molecule has 3 heterocycles. The van der Waals surface area contributed by atoms with E-state index in [9.17, 15) is 9.59 Å². The van der Waals surface area contributed by atoms with Crippen LogP contribution in [0.2, 0.25) is 0 Å². The van der Waals surface area contributed by atoms with Crippen LogP contribution in [-0.2, 0) is 24.1 Å². The summed E-state index contributed by atoms with van der Waals surface area (Å²) >= 11 is -0.0977. The summed E-state index contributed by atoms with van der Waals surface area (Å²) in [4.78, 5) is 28.4. The van der Waals surface area contributed by atoms with Gasteiger partial charge in [-0.2, -0.15) is 0 Å². The maximum Gasteiger partial charge on any atom is -0.0556 e. The van der Waals surface area contributed by atoms with Crippen molar-refractivity contribution < 1.29 is 9.59 Å². The van der Waals surface area contributed by atoms with Gasteiger partial charge < -0.3 is 0 Å². The van der Waals surface area contributed by atoms with Gasteiger partial charge in [-0.1, -0.05) is 29.8 Å². The molecule has 4 aromatic rings. The van der Waals surface area contributed by atoms with E-state index in [1.54, 1.807) is 30.5 Å². The minimum absolute atomic E-state index is 0.0977. The molecule has 1 aromatic carbocycles. The number of hydrogen-bond acceptors (Lipinski definition) is 7. The van der Waals surface area contributed by atoms with Gasteiger partial charge in [0.1, 0.15) is 0 Å². The zero-order valence-electron chi connectivity index (χ0n) is 19.8. The number of unbranched alkanes of at least 4 members (excludes halogenated alkanes) is 1. The van der Waals surface area contributed by atoms with Crippen LogP contribution in [0.5, 0.6) is 0 Å². The summed E-state index contributed by atoms with van der Waals surface area (Å²) < 4.78 is 1.57. The van der Waals surface area contributed by atoms with Crippen LogP contribution < -0.4 is 16.0 Å². The van der Waals surface area contributed by atoms with Crippen LogP contribution in [0.25, 0.3) is 0 Å². The third-order valence-corrected chi connectivity index (χ3v) is 6.99. The molecule has 0 spiro atoms. The number of carbonyl (C=O) groups excluding carboxylic acids is 2. The largest absolute Gasteiger partial charge is 0.0556 e. The number of benzene rings is 1. The van der Waals surface area contributed by atoms with Gasteiger partial charge in [-0.15, -0.1) is 0 Å². The Morgan fingerprint density at radius 1 is 0.833 bits per heavy atom. The Bertz CT molecular complexity index is 1290. The second-order valence-electron chi connectivity index (χ2n) is 8.13. The van der Waals surface area contributed by atoms with Gasteiger partial charge in [-0.25, -0.2) is 0 Å². The first-order valence-corrected chi connectivity index (χ1v) is 13.2. The number of amides is 3. The first-order chi connectivity index (χ1) is 17.5.